The van der Waals surface area contributed by atoms with Gasteiger partial charge in [0.2, 0.25) is 0 Å². The van der Waals surface area contributed by atoms with Gasteiger partial charge in [-0.25, -0.2) is 0 Å². The van der Waals surface area contributed by atoms with Gasteiger partial charge in [-0.3, -0.25) is 0 Å². The summed E-state index contributed by atoms with van der Waals surface area (Å²) in [6.45, 7) is 6.97. The molecule has 0 aliphatic heterocycles. The van der Waals surface area contributed by atoms with Gasteiger partial charge in [0.05, 0.1) is 0 Å². The third-order valence-corrected chi connectivity index (χ3v) is 2.63. The normalized spacial score (nSPS) is 15.9. The van der Waals surface area contributed by atoms with Crippen LogP contribution in [0, 0.1) is 0 Å². The summed E-state index contributed by atoms with van der Waals surface area (Å²) >= 11 is 0. The largest absolute Gasteiger partial charge is 0.109 e. The van der Waals surface area contributed by atoms with Crippen LogP contribution in [0.3, 0.4) is 0 Å². The van der Waals surface area contributed by atoms with Gasteiger partial charge in [-0.2, -0.15) is 0 Å². The summed E-state index contributed by atoms with van der Waals surface area (Å²) in [5, 5.41) is 0.600. The van der Waals surface area contributed by atoms with Gasteiger partial charge in [0.1, 0.15) is 7.85 Å². The molecular weight excluding hydrogens is 143 g/mol. The maximum atomic E-state index is 2.41. The van der Waals surface area contributed by atoms with Crippen LogP contribution in [0.15, 0.2) is 0 Å². The van der Waals surface area contributed by atoms with E-state index >= 15 is 0 Å². The topological polar surface area (TPSA) is 0 Å². The molecule has 0 aliphatic rings. The first-order chi connectivity index (χ1) is 5.62. The fraction of sp³-hybridized carbons (Fsp3) is 1.00. The van der Waals surface area contributed by atoms with Crippen molar-refractivity contribution in [2.24, 2.45) is 0 Å². The maximum absolute atomic E-state index is 2.41. The molecule has 0 fully saturated rings. The Morgan fingerprint density at radius 3 is 2.08 bits per heavy atom. The van der Waals surface area contributed by atoms with Crippen LogP contribution in [-0.2, 0) is 0 Å². The van der Waals surface area contributed by atoms with Gasteiger partial charge >= 0.3 is 0 Å². The molecule has 12 heavy (non-hydrogen) atoms. The Hall–Kier alpha value is 0.0649. The van der Waals surface area contributed by atoms with Crippen molar-refractivity contribution in [3.05, 3.63) is 0 Å². The van der Waals surface area contributed by atoms with Gasteiger partial charge in [0.15, 0.2) is 0 Å². The first-order valence-electron chi connectivity index (χ1n) is 5.62. The number of hydrogen-bond acceptors (Lipinski definition) is 0. The molecule has 0 aromatic heterocycles. The molecule has 0 aromatic rings. The van der Waals surface area contributed by atoms with Crippen molar-refractivity contribution >= 4 is 7.85 Å². The molecule has 0 aromatic carbocycles. The van der Waals surface area contributed by atoms with E-state index in [1.807, 2.05) is 0 Å². The molecule has 0 amide bonds. The third-order valence-electron chi connectivity index (χ3n) is 2.63. The van der Waals surface area contributed by atoms with E-state index in [1.54, 1.807) is 0 Å². The molecule has 0 N–H and O–H groups in total. The molecule has 0 spiro atoms. The second-order valence-corrected chi connectivity index (χ2v) is 4.72. The van der Waals surface area contributed by atoms with Crippen LogP contribution in [0.2, 0.25) is 5.31 Å². The Morgan fingerprint density at radius 2 is 1.58 bits per heavy atom. The van der Waals surface area contributed by atoms with E-state index in [4.69, 9.17) is 0 Å². The summed E-state index contributed by atoms with van der Waals surface area (Å²) in [6, 6.07) is 0. The quantitative estimate of drug-likeness (QED) is 0.402. The van der Waals surface area contributed by atoms with Crippen LogP contribution in [0.1, 0.15) is 65.7 Å². The van der Waals surface area contributed by atoms with E-state index in [9.17, 15) is 0 Å². The summed E-state index contributed by atoms with van der Waals surface area (Å²) in [5.74, 6) is 0. The standard InChI is InChI=1S/C11H25B/c1-4-6-7-8-10-11(3,12)9-5-2/h4-10,12H2,1-3H3. The SMILES string of the molecule is BC(C)(CCC)CCCCCC. The third kappa shape index (κ3) is 6.76. The van der Waals surface area contributed by atoms with E-state index in [2.05, 4.69) is 28.6 Å². The smallest absolute Gasteiger partial charge is 0.0669 e. The summed E-state index contributed by atoms with van der Waals surface area (Å²) in [5.41, 5.74) is 0. The lowest BCUT2D eigenvalue weighted by Gasteiger charge is -2.23. The zero-order chi connectivity index (χ0) is 9.45. The van der Waals surface area contributed by atoms with Crippen LogP contribution in [0.25, 0.3) is 0 Å². The van der Waals surface area contributed by atoms with E-state index in [1.165, 1.54) is 44.9 Å². The van der Waals surface area contributed by atoms with Crippen molar-refractivity contribution < 1.29 is 0 Å². The Morgan fingerprint density at radius 1 is 0.917 bits per heavy atom. The summed E-state index contributed by atoms with van der Waals surface area (Å²) in [7, 11) is 2.41. The zero-order valence-electron chi connectivity index (χ0n) is 9.45. The van der Waals surface area contributed by atoms with Crippen LogP contribution in [0.4, 0.5) is 0 Å². The second kappa shape index (κ2) is 6.57. The highest BCUT2D eigenvalue weighted by Crippen LogP contribution is 2.33. The van der Waals surface area contributed by atoms with Gasteiger partial charge in [-0.05, 0) is 0 Å². The lowest BCUT2D eigenvalue weighted by molar-refractivity contribution is 0.476. The van der Waals surface area contributed by atoms with E-state index < -0.39 is 0 Å². The van der Waals surface area contributed by atoms with E-state index in [0.29, 0.717) is 5.31 Å². The van der Waals surface area contributed by atoms with Crippen LogP contribution < -0.4 is 0 Å². The molecule has 0 heterocycles. The highest BCUT2D eigenvalue weighted by molar-refractivity contribution is 6.14. The van der Waals surface area contributed by atoms with Gasteiger partial charge in [0.25, 0.3) is 0 Å². The zero-order valence-corrected chi connectivity index (χ0v) is 9.45. The monoisotopic (exact) mass is 168 g/mol. The van der Waals surface area contributed by atoms with Gasteiger partial charge < -0.3 is 0 Å². The van der Waals surface area contributed by atoms with E-state index in [0.717, 1.165) is 0 Å². The number of rotatable bonds is 7. The lowest BCUT2D eigenvalue weighted by Crippen LogP contribution is -2.07. The molecule has 0 aliphatic carbocycles. The van der Waals surface area contributed by atoms with Gasteiger partial charge in [-0.15, -0.1) is 0 Å². The second-order valence-electron chi connectivity index (χ2n) is 4.72. The van der Waals surface area contributed by atoms with Crippen molar-refractivity contribution in [2.45, 2.75) is 71.0 Å². The fourth-order valence-corrected chi connectivity index (χ4v) is 1.83. The Kier molecular flexibility index (Phi) is 6.60. The highest BCUT2D eigenvalue weighted by atomic mass is 14.1. The lowest BCUT2D eigenvalue weighted by atomic mass is 9.64. The van der Waals surface area contributed by atoms with E-state index in [-0.39, 0.29) is 0 Å². The molecule has 0 nitrogen and oxygen atoms in total. The van der Waals surface area contributed by atoms with Crippen LogP contribution in [0.5, 0.6) is 0 Å². The molecule has 0 saturated heterocycles. The highest BCUT2D eigenvalue weighted by Gasteiger charge is 2.15. The molecular formula is C11H25B. The fourth-order valence-electron chi connectivity index (χ4n) is 1.83. The molecule has 1 atom stereocenters. The maximum Gasteiger partial charge on any atom is 0.109 e. The average Bonchev–Trinajstić information content (AvgIpc) is 1.98. The predicted octanol–water partition coefficient (Wildman–Crippen LogP) is 3.57. The number of unbranched alkanes of at least 4 members (excludes halogenated alkanes) is 3. The summed E-state index contributed by atoms with van der Waals surface area (Å²) < 4.78 is 0. The van der Waals surface area contributed by atoms with Crippen molar-refractivity contribution in [2.75, 3.05) is 0 Å². The van der Waals surface area contributed by atoms with Crippen molar-refractivity contribution in [3.8, 4) is 0 Å². The van der Waals surface area contributed by atoms with Crippen molar-refractivity contribution in [3.63, 3.8) is 0 Å². The first kappa shape index (κ1) is 12.1. The van der Waals surface area contributed by atoms with Crippen LogP contribution >= 0.6 is 0 Å². The van der Waals surface area contributed by atoms with Gasteiger partial charge in [-0.1, -0.05) is 71.0 Å². The average molecular weight is 168 g/mol. The van der Waals surface area contributed by atoms with Crippen molar-refractivity contribution in [1.29, 1.82) is 0 Å². The minimum atomic E-state index is 0.600. The number of hydrogen-bond donors (Lipinski definition) is 0. The summed E-state index contributed by atoms with van der Waals surface area (Å²) in [6.07, 6.45) is 9.78. The molecule has 1 heteroatoms. The minimum Gasteiger partial charge on any atom is -0.0669 e. The van der Waals surface area contributed by atoms with Crippen molar-refractivity contribution in [1.82, 2.24) is 0 Å². The minimum absolute atomic E-state index is 0.600. The molecule has 0 radical (unpaired) electrons. The summed E-state index contributed by atoms with van der Waals surface area (Å²) in [4.78, 5) is 0. The van der Waals surface area contributed by atoms with Crippen LogP contribution in [-0.4, -0.2) is 7.85 Å². The molecule has 0 bridgehead atoms. The van der Waals surface area contributed by atoms with Gasteiger partial charge in [0, 0.05) is 0 Å². The molecule has 0 saturated carbocycles. The Labute approximate surface area is 79.5 Å². The molecule has 72 valence electrons. The molecule has 1 unspecified atom stereocenters. The predicted molar refractivity (Wildman–Crippen MR) is 60.6 cm³/mol. The first-order valence-corrected chi connectivity index (χ1v) is 5.62. The molecule has 0 rings (SSSR count). The Balaban J connectivity index is 3.33. The Bertz CT molecular complexity index is 97.2.